The van der Waals surface area contributed by atoms with Gasteiger partial charge in [-0.1, -0.05) is 12.1 Å². The Bertz CT molecular complexity index is 919. The summed E-state index contributed by atoms with van der Waals surface area (Å²) in [6.07, 6.45) is -6.58. The second kappa shape index (κ2) is 11.2. The number of rotatable bonds is 8. The van der Waals surface area contributed by atoms with Crippen molar-refractivity contribution in [1.82, 2.24) is 0 Å². The number of carbonyl (C=O) groups is 4. The minimum Gasteiger partial charge on any atom is -0.463 e. The van der Waals surface area contributed by atoms with Crippen LogP contribution in [0, 0.1) is 10.1 Å². The van der Waals surface area contributed by atoms with Crippen LogP contribution in [0.2, 0.25) is 0 Å². The van der Waals surface area contributed by atoms with Crippen LogP contribution in [0.1, 0.15) is 27.7 Å². The number of nitro groups is 1. The molecule has 0 unspecified atom stereocenters. The highest BCUT2D eigenvalue weighted by molar-refractivity contribution is 5.69. The Hall–Kier alpha value is -3.74. The molecule has 33 heavy (non-hydrogen) atoms. The van der Waals surface area contributed by atoms with E-state index < -0.39 is 66.1 Å². The SMILES string of the molecule is CC(=O)OC[C@H]1O[C@H](Nc2ccccc2[N+](=O)[O-])[C@H](OC(C)=O)[C@@H](OC(C)=O)[C@@H]1OC(C)=O. The lowest BCUT2D eigenvalue weighted by Crippen LogP contribution is -2.64. The van der Waals surface area contributed by atoms with Crippen molar-refractivity contribution in [1.29, 1.82) is 0 Å². The summed E-state index contributed by atoms with van der Waals surface area (Å²) in [5, 5.41) is 14.2. The van der Waals surface area contributed by atoms with Crippen LogP contribution in [-0.2, 0) is 42.9 Å². The van der Waals surface area contributed by atoms with Gasteiger partial charge in [-0.15, -0.1) is 0 Å². The van der Waals surface area contributed by atoms with Gasteiger partial charge in [0.2, 0.25) is 0 Å². The topological polar surface area (TPSA) is 170 Å². The standard InChI is InChI=1S/C20H24N2O11/c1-10(23)29-9-16-17(30-11(2)24)18(31-12(3)25)19(32-13(4)26)20(33-16)21-14-7-5-6-8-15(14)22(27)28/h5-8,16-21H,9H2,1-4H3/t16-,17-,18+,19-,20+/m1/s1. The minimum absolute atomic E-state index is 0.0170. The van der Waals surface area contributed by atoms with Gasteiger partial charge in [0, 0.05) is 33.8 Å². The molecule has 0 aromatic heterocycles. The third-order valence-electron chi connectivity index (χ3n) is 4.39. The van der Waals surface area contributed by atoms with E-state index in [1.54, 1.807) is 0 Å². The first-order valence-electron chi connectivity index (χ1n) is 9.80. The molecule has 0 aliphatic carbocycles. The smallest absolute Gasteiger partial charge is 0.303 e. The third kappa shape index (κ3) is 7.14. The van der Waals surface area contributed by atoms with Gasteiger partial charge in [0.15, 0.2) is 24.5 Å². The van der Waals surface area contributed by atoms with Crippen molar-refractivity contribution < 1.29 is 47.8 Å². The number of nitro benzene ring substituents is 1. The molecular formula is C20H24N2O11. The maximum Gasteiger partial charge on any atom is 0.303 e. The van der Waals surface area contributed by atoms with Gasteiger partial charge in [0.1, 0.15) is 18.4 Å². The van der Waals surface area contributed by atoms with E-state index in [-0.39, 0.29) is 11.4 Å². The third-order valence-corrected chi connectivity index (χ3v) is 4.39. The Morgan fingerprint density at radius 1 is 0.909 bits per heavy atom. The monoisotopic (exact) mass is 468 g/mol. The summed E-state index contributed by atoms with van der Waals surface area (Å²) in [6, 6.07) is 5.62. The van der Waals surface area contributed by atoms with E-state index >= 15 is 0 Å². The molecule has 0 bridgehead atoms. The van der Waals surface area contributed by atoms with Gasteiger partial charge in [0.05, 0.1) is 4.92 Å². The molecule has 180 valence electrons. The van der Waals surface area contributed by atoms with Crippen LogP contribution >= 0.6 is 0 Å². The molecule has 13 heteroatoms. The van der Waals surface area contributed by atoms with E-state index in [4.69, 9.17) is 23.7 Å². The zero-order chi connectivity index (χ0) is 24.7. The number of para-hydroxylation sites is 2. The minimum atomic E-state index is -1.39. The lowest BCUT2D eigenvalue weighted by molar-refractivity contribution is -0.384. The molecule has 0 spiro atoms. The number of esters is 4. The molecule has 1 fully saturated rings. The van der Waals surface area contributed by atoms with Gasteiger partial charge in [-0.2, -0.15) is 0 Å². The highest BCUT2D eigenvalue weighted by Gasteiger charge is 2.52. The number of carbonyl (C=O) groups excluding carboxylic acids is 4. The normalized spacial score (nSPS) is 24.2. The molecule has 1 heterocycles. The van der Waals surface area contributed by atoms with Gasteiger partial charge in [-0.25, -0.2) is 0 Å². The van der Waals surface area contributed by atoms with Gasteiger partial charge < -0.3 is 29.0 Å². The van der Waals surface area contributed by atoms with Crippen LogP contribution in [0.4, 0.5) is 11.4 Å². The molecule has 1 saturated heterocycles. The summed E-state index contributed by atoms with van der Waals surface area (Å²) in [6.45, 7) is 4.03. The van der Waals surface area contributed by atoms with Crippen molar-refractivity contribution in [2.45, 2.75) is 58.3 Å². The number of nitrogens with one attached hydrogen (secondary N) is 1. The summed E-state index contributed by atoms with van der Waals surface area (Å²) in [7, 11) is 0. The van der Waals surface area contributed by atoms with Gasteiger partial charge in [-0.3, -0.25) is 29.3 Å². The molecule has 13 nitrogen and oxygen atoms in total. The Morgan fingerprint density at radius 2 is 1.45 bits per heavy atom. The lowest BCUT2D eigenvalue weighted by Gasteiger charge is -2.44. The van der Waals surface area contributed by atoms with E-state index in [2.05, 4.69) is 5.32 Å². The van der Waals surface area contributed by atoms with Gasteiger partial charge in [0.25, 0.3) is 5.69 Å². The number of nitrogens with zero attached hydrogens (tertiary/aromatic N) is 1. The zero-order valence-electron chi connectivity index (χ0n) is 18.3. The molecule has 1 aliphatic heterocycles. The molecule has 1 aromatic carbocycles. The molecule has 1 aromatic rings. The van der Waals surface area contributed by atoms with Crippen LogP contribution in [0.15, 0.2) is 24.3 Å². The maximum absolute atomic E-state index is 11.8. The van der Waals surface area contributed by atoms with Crippen LogP contribution in [0.25, 0.3) is 0 Å². The van der Waals surface area contributed by atoms with E-state index in [1.807, 2.05) is 0 Å². The van der Waals surface area contributed by atoms with Crippen LogP contribution in [0.5, 0.6) is 0 Å². The molecule has 5 atom stereocenters. The van der Waals surface area contributed by atoms with Crippen molar-refractivity contribution >= 4 is 35.3 Å². The number of anilines is 1. The number of hydrogen-bond acceptors (Lipinski definition) is 12. The molecule has 0 amide bonds. The molecule has 1 N–H and O–H groups in total. The van der Waals surface area contributed by atoms with E-state index in [9.17, 15) is 29.3 Å². The fourth-order valence-corrected chi connectivity index (χ4v) is 3.25. The van der Waals surface area contributed by atoms with E-state index in [0.29, 0.717) is 0 Å². The first-order chi connectivity index (χ1) is 15.5. The highest BCUT2D eigenvalue weighted by Crippen LogP contribution is 2.32. The summed E-state index contributed by atoms with van der Waals surface area (Å²) in [4.78, 5) is 57.5. The second-order valence-corrected chi connectivity index (χ2v) is 7.04. The van der Waals surface area contributed by atoms with Crippen molar-refractivity contribution in [2.24, 2.45) is 0 Å². The Kier molecular flexibility index (Phi) is 8.68. The average Bonchev–Trinajstić information content (AvgIpc) is 2.70. The van der Waals surface area contributed by atoms with Crippen LogP contribution in [-0.4, -0.2) is 66.1 Å². The largest absolute Gasteiger partial charge is 0.463 e. The van der Waals surface area contributed by atoms with Crippen molar-refractivity contribution in [3.8, 4) is 0 Å². The predicted octanol–water partition coefficient (Wildman–Crippen LogP) is 1.09. The zero-order valence-corrected chi connectivity index (χ0v) is 18.3. The van der Waals surface area contributed by atoms with Crippen LogP contribution < -0.4 is 5.32 Å². The Balaban J connectivity index is 2.51. The molecular weight excluding hydrogens is 444 g/mol. The van der Waals surface area contributed by atoms with E-state index in [0.717, 1.165) is 27.7 Å². The molecule has 2 rings (SSSR count). The maximum atomic E-state index is 11.8. The number of hydrogen-bond donors (Lipinski definition) is 1. The van der Waals surface area contributed by atoms with Crippen molar-refractivity contribution in [3.63, 3.8) is 0 Å². The summed E-state index contributed by atoms with van der Waals surface area (Å²) >= 11 is 0. The van der Waals surface area contributed by atoms with Gasteiger partial charge in [-0.05, 0) is 6.07 Å². The van der Waals surface area contributed by atoms with E-state index in [1.165, 1.54) is 24.3 Å². The fourth-order valence-electron chi connectivity index (χ4n) is 3.25. The summed E-state index contributed by atoms with van der Waals surface area (Å²) in [5.41, 5.74) is -0.284. The van der Waals surface area contributed by atoms with Crippen molar-refractivity contribution in [3.05, 3.63) is 34.4 Å². The predicted molar refractivity (Wildman–Crippen MR) is 109 cm³/mol. The fraction of sp³-hybridized carbons (Fsp3) is 0.500. The Labute approximate surface area is 188 Å². The summed E-state index contributed by atoms with van der Waals surface area (Å²) < 4.78 is 26.7. The lowest BCUT2D eigenvalue weighted by atomic mass is 9.97. The number of ether oxygens (including phenoxy) is 5. The molecule has 1 aliphatic rings. The quantitative estimate of drug-likeness (QED) is 0.250. The molecule has 0 saturated carbocycles. The highest BCUT2D eigenvalue weighted by atomic mass is 16.7. The second-order valence-electron chi connectivity index (χ2n) is 7.04. The Morgan fingerprint density at radius 3 is 2.00 bits per heavy atom. The first kappa shape index (κ1) is 25.5. The van der Waals surface area contributed by atoms with Crippen molar-refractivity contribution in [2.75, 3.05) is 11.9 Å². The average molecular weight is 468 g/mol. The molecule has 0 radical (unpaired) electrons. The summed E-state index contributed by atoms with van der Waals surface area (Å²) in [5.74, 6) is -2.99. The van der Waals surface area contributed by atoms with Gasteiger partial charge >= 0.3 is 23.9 Å². The van der Waals surface area contributed by atoms with Crippen LogP contribution in [0.3, 0.4) is 0 Å². The number of benzene rings is 1. The first-order valence-corrected chi connectivity index (χ1v) is 9.80.